The standard InChI is InChI=1S/C32H32F2N6O3/c1-32(2,3)43-31(42)37-26(17-20-7-11-24(35)12-8-20)30(41)39-15-16-40-27(19-39)38-28(21-5-4-6-23(34)18-21)29(40)36-25-13-9-22(33)10-14-25/h4-16,18,26,36H,17,19,35H2,1-3H3,(H,37,42). The number of fused-ring (bicyclic) bond motifs is 1. The number of anilines is 3. The van der Waals surface area contributed by atoms with Gasteiger partial charge in [0.2, 0.25) is 5.91 Å². The van der Waals surface area contributed by atoms with Crippen molar-refractivity contribution in [1.29, 1.82) is 0 Å². The summed E-state index contributed by atoms with van der Waals surface area (Å²) in [6.45, 7) is 5.29. The molecule has 0 fully saturated rings. The van der Waals surface area contributed by atoms with Crippen LogP contribution >= 0.6 is 0 Å². The van der Waals surface area contributed by atoms with Gasteiger partial charge in [-0.15, -0.1) is 0 Å². The highest BCUT2D eigenvalue weighted by molar-refractivity contribution is 5.88. The van der Waals surface area contributed by atoms with E-state index in [-0.39, 0.29) is 24.7 Å². The first-order valence-corrected chi connectivity index (χ1v) is 13.7. The third-order valence-electron chi connectivity index (χ3n) is 6.59. The van der Waals surface area contributed by atoms with Crippen LogP contribution in [0.2, 0.25) is 0 Å². The van der Waals surface area contributed by atoms with Crippen LogP contribution in [0.5, 0.6) is 0 Å². The number of carbonyl (C=O) groups excluding carboxylic acids is 2. The van der Waals surface area contributed by atoms with Crippen molar-refractivity contribution < 1.29 is 23.1 Å². The van der Waals surface area contributed by atoms with Crippen LogP contribution in [0.4, 0.5) is 30.8 Å². The molecular formula is C32H32F2N6O3. The van der Waals surface area contributed by atoms with Crippen LogP contribution in [0.1, 0.15) is 32.2 Å². The summed E-state index contributed by atoms with van der Waals surface area (Å²) >= 11 is 0. The van der Waals surface area contributed by atoms with Gasteiger partial charge in [0.25, 0.3) is 0 Å². The third kappa shape index (κ3) is 7.18. The number of amides is 2. The fourth-order valence-electron chi connectivity index (χ4n) is 4.62. The summed E-state index contributed by atoms with van der Waals surface area (Å²) in [5.41, 5.74) is 8.01. The molecule has 43 heavy (non-hydrogen) atoms. The fourth-order valence-corrected chi connectivity index (χ4v) is 4.62. The molecule has 1 aromatic heterocycles. The van der Waals surface area contributed by atoms with Crippen molar-refractivity contribution in [3.8, 4) is 11.3 Å². The summed E-state index contributed by atoms with van der Waals surface area (Å²) < 4.78 is 34.9. The van der Waals surface area contributed by atoms with E-state index in [1.54, 1.807) is 86.3 Å². The lowest BCUT2D eigenvalue weighted by Crippen LogP contribution is -2.49. The first-order chi connectivity index (χ1) is 20.4. The lowest BCUT2D eigenvalue weighted by atomic mass is 10.0. The van der Waals surface area contributed by atoms with Crippen LogP contribution in [-0.2, 0) is 22.5 Å². The number of carbonyl (C=O) groups is 2. The number of benzene rings is 3. The topological polar surface area (TPSA) is 115 Å². The Morgan fingerprint density at radius 3 is 2.40 bits per heavy atom. The maximum absolute atomic E-state index is 14.2. The molecule has 11 heteroatoms. The number of aromatic nitrogens is 2. The van der Waals surface area contributed by atoms with Crippen molar-refractivity contribution in [3.63, 3.8) is 0 Å². The van der Waals surface area contributed by atoms with Gasteiger partial charge in [0, 0.05) is 35.8 Å². The zero-order chi connectivity index (χ0) is 30.7. The van der Waals surface area contributed by atoms with Crippen LogP contribution in [-0.4, -0.2) is 38.1 Å². The van der Waals surface area contributed by atoms with E-state index in [0.29, 0.717) is 34.3 Å². The minimum atomic E-state index is -0.955. The number of rotatable bonds is 7. The highest BCUT2D eigenvalue weighted by Crippen LogP contribution is 2.34. The first kappa shape index (κ1) is 29.3. The number of halogens is 2. The summed E-state index contributed by atoms with van der Waals surface area (Å²) in [6, 6.07) is 17.9. The number of alkyl carbamates (subject to hydrolysis) is 1. The number of imidazole rings is 1. The quantitative estimate of drug-likeness (QED) is 0.227. The molecule has 0 aliphatic carbocycles. The Hall–Kier alpha value is -5.19. The van der Waals surface area contributed by atoms with Gasteiger partial charge < -0.3 is 26.0 Å². The van der Waals surface area contributed by atoms with Crippen molar-refractivity contribution in [2.24, 2.45) is 0 Å². The molecule has 0 spiro atoms. The Morgan fingerprint density at radius 2 is 1.72 bits per heavy atom. The molecular weight excluding hydrogens is 554 g/mol. The second-order valence-corrected chi connectivity index (χ2v) is 11.1. The number of nitrogens with zero attached hydrogens (tertiary/aromatic N) is 3. The zero-order valence-electron chi connectivity index (χ0n) is 24.0. The number of hydrogen-bond donors (Lipinski definition) is 3. The van der Waals surface area contributed by atoms with E-state index in [1.165, 1.54) is 29.2 Å². The average molecular weight is 587 g/mol. The van der Waals surface area contributed by atoms with Gasteiger partial charge in [0.1, 0.15) is 40.6 Å². The summed E-state index contributed by atoms with van der Waals surface area (Å²) in [5, 5.41) is 5.96. The van der Waals surface area contributed by atoms with E-state index in [9.17, 15) is 18.4 Å². The number of hydrogen-bond acceptors (Lipinski definition) is 6. The monoisotopic (exact) mass is 586 g/mol. The predicted octanol–water partition coefficient (Wildman–Crippen LogP) is 6.06. The van der Waals surface area contributed by atoms with Gasteiger partial charge in [0.15, 0.2) is 0 Å². The van der Waals surface area contributed by atoms with Gasteiger partial charge in [-0.1, -0.05) is 24.3 Å². The lowest BCUT2D eigenvalue weighted by Gasteiger charge is -2.28. The fraction of sp³-hybridized carbons (Fsp3) is 0.219. The molecule has 1 atom stereocenters. The van der Waals surface area contributed by atoms with Crippen LogP contribution in [0.25, 0.3) is 17.5 Å². The lowest BCUT2D eigenvalue weighted by molar-refractivity contribution is -0.131. The molecule has 0 radical (unpaired) electrons. The van der Waals surface area contributed by atoms with E-state index >= 15 is 0 Å². The molecule has 2 amide bonds. The van der Waals surface area contributed by atoms with Crippen LogP contribution < -0.4 is 16.4 Å². The molecule has 4 N–H and O–H groups in total. The average Bonchev–Trinajstić information content (AvgIpc) is 3.31. The predicted molar refractivity (Wildman–Crippen MR) is 161 cm³/mol. The molecule has 3 aromatic carbocycles. The Bertz CT molecular complexity index is 1660. The van der Waals surface area contributed by atoms with Crippen molar-refractivity contribution in [1.82, 2.24) is 19.8 Å². The molecule has 0 saturated heterocycles. The van der Waals surface area contributed by atoms with Crippen molar-refractivity contribution >= 4 is 35.4 Å². The molecule has 2 heterocycles. The van der Waals surface area contributed by atoms with Gasteiger partial charge in [-0.3, -0.25) is 9.36 Å². The molecule has 1 aliphatic heterocycles. The first-order valence-electron chi connectivity index (χ1n) is 13.7. The maximum Gasteiger partial charge on any atom is 0.408 e. The minimum Gasteiger partial charge on any atom is -0.444 e. The van der Waals surface area contributed by atoms with E-state index in [1.807, 2.05) is 0 Å². The van der Waals surface area contributed by atoms with E-state index in [2.05, 4.69) is 10.6 Å². The number of nitrogens with two attached hydrogens (primary N) is 1. The normalized spacial score (nSPS) is 13.3. The van der Waals surface area contributed by atoms with Gasteiger partial charge >= 0.3 is 6.09 Å². The molecule has 1 aliphatic rings. The van der Waals surface area contributed by atoms with Crippen LogP contribution in [0, 0.1) is 11.6 Å². The smallest absolute Gasteiger partial charge is 0.408 e. The zero-order valence-corrected chi connectivity index (χ0v) is 24.0. The molecule has 4 aromatic rings. The highest BCUT2D eigenvalue weighted by Gasteiger charge is 2.31. The van der Waals surface area contributed by atoms with Crippen molar-refractivity contribution in [2.45, 2.75) is 45.4 Å². The van der Waals surface area contributed by atoms with E-state index in [4.69, 9.17) is 15.5 Å². The third-order valence-corrected chi connectivity index (χ3v) is 6.59. The van der Waals surface area contributed by atoms with E-state index < -0.39 is 23.6 Å². The molecule has 0 saturated carbocycles. The maximum atomic E-state index is 14.2. The number of nitrogen functional groups attached to an aromatic ring is 1. The molecule has 1 unspecified atom stereocenters. The minimum absolute atomic E-state index is 0.0665. The van der Waals surface area contributed by atoms with Gasteiger partial charge in [-0.2, -0.15) is 0 Å². The Labute approximate surface area is 248 Å². The number of nitrogens with one attached hydrogen (secondary N) is 2. The largest absolute Gasteiger partial charge is 0.444 e. The second kappa shape index (κ2) is 12.0. The van der Waals surface area contributed by atoms with Crippen molar-refractivity contribution in [2.75, 3.05) is 11.1 Å². The Morgan fingerprint density at radius 1 is 1.00 bits per heavy atom. The Balaban J connectivity index is 1.45. The van der Waals surface area contributed by atoms with Crippen LogP contribution in [0.15, 0.2) is 79.0 Å². The van der Waals surface area contributed by atoms with Crippen molar-refractivity contribution in [3.05, 3.63) is 102 Å². The summed E-state index contributed by atoms with van der Waals surface area (Å²) in [5.74, 6) is -0.186. The van der Waals surface area contributed by atoms with Crippen LogP contribution in [0.3, 0.4) is 0 Å². The summed E-state index contributed by atoms with van der Waals surface area (Å²) in [4.78, 5) is 32.8. The Kier molecular flexibility index (Phi) is 8.16. The van der Waals surface area contributed by atoms with Gasteiger partial charge in [-0.05, 0) is 74.9 Å². The molecule has 222 valence electrons. The SMILES string of the molecule is CC(C)(C)OC(=O)NC(Cc1ccc(N)cc1)C(=O)N1C=Cn2c(nc(-c3cccc(F)c3)c2Nc2ccc(F)cc2)C1. The molecule has 9 nitrogen and oxygen atoms in total. The number of ether oxygens (including phenoxy) is 1. The highest BCUT2D eigenvalue weighted by atomic mass is 19.1. The molecule has 5 rings (SSSR count). The molecule has 0 bridgehead atoms. The van der Waals surface area contributed by atoms with Gasteiger partial charge in [0.05, 0.1) is 6.54 Å². The van der Waals surface area contributed by atoms with Gasteiger partial charge in [-0.25, -0.2) is 18.6 Å². The summed E-state index contributed by atoms with van der Waals surface area (Å²) in [7, 11) is 0. The second-order valence-electron chi connectivity index (χ2n) is 11.1. The van der Waals surface area contributed by atoms with E-state index in [0.717, 1.165) is 5.56 Å². The summed E-state index contributed by atoms with van der Waals surface area (Å²) in [6.07, 6.45) is 2.73.